The molecule has 0 saturated heterocycles. The molecular weight excluding hydrogens is 290 g/mol. The fourth-order valence-corrected chi connectivity index (χ4v) is 1.94. The quantitative estimate of drug-likeness (QED) is 0.494. The van der Waals surface area contributed by atoms with Crippen molar-refractivity contribution in [2.75, 3.05) is 0 Å². The van der Waals surface area contributed by atoms with Crippen LogP contribution in [-0.4, -0.2) is 26.0 Å². The van der Waals surface area contributed by atoms with Gasteiger partial charge in [0.1, 0.15) is 5.52 Å². The maximum atomic E-state index is 11.7. The van der Waals surface area contributed by atoms with Crippen molar-refractivity contribution in [1.29, 1.82) is 0 Å². The zero-order valence-corrected chi connectivity index (χ0v) is 11.6. The number of nitro benzene ring substituents is 1. The number of rotatable bonds is 2. The fraction of sp³-hybridized carbons (Fsp3) is 0.143. The van der Waals surface area contributed by atoms with Gasteiger partial charge in [-0.05, 0) is 12.1 Å². The van der Waals surface area contributed by atoms with Crippen LogP contribution in [0, 0.1) is 10.1 Å². The second-order valence-corrected chi connectivity index (χ2v) is 4.45. The molecule has 0 aliphatic carbocycles. The fourth-order valence-electron chi connectivity index (χ4n) is 1.94. The lowest BCUT2D eigenvalue weighted by molar-refractivity contribution is -0.384. The van der Waals surface area contributed by atoms with Crippen LogP contribution in [0.2, 0.25) is 0 Å². The third-order valence-electron chi connectivity index (χ3n) is 3.03. The summed E-state index contributed by atoms with van der Waals surface area (Å²) >= 11 is 0. The number of aromatic nitrogens is 2. The summed E-state index contributed by atoms with van der Waals surface area (Å²) in [6.45, 7) is 1.60. The van der Waals surface area contributed by atoms with Crippen molar-refractivity contribution in [3.8, 4) is 0 Å². The van der Waals surface area contributed by atoms with Gasteiger partial charge in [0, 0.05) is 41.0 Å². The Kier molecular flexibility index (Phi) is 4.21. The van der Waals surface area contributed by atoms with Crippen molar-refractivity contribution < 1.29 is 14.8 Å². The molecular formula is C14H13N3O5. The van der Waals surface area contributed by atoms with Gasteiger partial charge in [-0.25, -0.2) is 0 Å². The Morgan fingerprint density at radius 1 is 1.32 bits per heavy atom. The van der Waals surface area contributed by atoms with E-state index in [2.05, 4.69) is 9.97 Å². The van der Waals surface area contributed by atoms with Gasteiger partial charge >= 0.3 is 5.97 Å². The van der Waals surface area contributed by atoms with Gasteiger partial charge in [0.2, 0.25) is 0 Å². The van der Waals surface area contributed by atoms with Crippen molar-refractivity contribution in [2.45, 2.75) is 13.3 Å². The lowest BCUT2D eigenvalue weighted by atomic mass is 10.1. The molecule has 2 aromatic heterocycles. The molecule has 3 rings (SSSR count). The number of non-ortho nitro benzene ring substituents is 1. The molecule has 0 radical (unpaired) electrons. The molecule has 0 aliphatic heterocycles. The van der Waals surface area contributed by atoms with Crippen LogP contribution < -0.4 is 5.56 Å². The molecule has 0 bridgehead atoms. The smallest absolute Gasteiger partial charge is 0.303 e. The number of hydrogen-bond acceptors (Lipinski definition) is 4. The number of H-pyrrole nitrogens is 2. The van der Waals surface area contributed by atoms with E-state index in [1.165, 1.54) is 12.1 Å². The van der Waals surface area contributed by atoms with Crippen LogP contribution in [0.25, 0.3) is 21.8 Å². The highest BCUT2D eigenvalue weighted by Gasteiger charge is 2.10. The maximum Gasteiger partial charge on any atom is 0.303 e. The standard InChI is InChI=1S/C11H7N3O3.C3H6O2/c15-11-10-7(3-4-12-10)8-5-6(14(16)17)1-2-9(8)13-11;1-2-3(4)5/h1-5,12H,(H,13,15);2H2,1H3,(H,4,5). The third-order valence-corrected chi connectivity index (χ3v) is 3.03. The molecule has 3 aromatic rings. The number of nitro groups is 1. The van der Waals surface area contributed by atoms with Gasteiger partial charge in [0.05, 0.1) is 4.92 Å². The molecule has 2 heterocycles. The van der Waals surface area contributed by atoms with Gasteiger partial charge in [0.15, 0.2) is 0 Å². The van der Waals surface area contributed by atoms with Crippen LogP contribution in [0.4, 0.5) is 5.69 Å². The minimum Gasteiger partial charge on any atom is -0.481 e. The zero-order valence-electron chi connectivity index (χ0n) is 11.6. The molecule has 1 aromatic carbocycles. The number of aliphatic carboxylic acids is 1. The molecule has 3 N–H and O–H groups in total. The highest BCUT2D eigenvalue weighted by atomic mass is 16.6. The molecule has 8 nitrogen and oxygen atoms in total. The van der Waals surface area contributed by atoms with Crippen molar-refractivity contribution >= 4 is 33.5 Å². The topological polar surface area (TPSA) is 129 Å². The normalized spacial score (nSPS) is 10.2. The number of carboxylic acids is 1. The predicted octanol–water partition coefficient (Wildman–Crippen LogP) is 2.40. The number of hydrogen-bond donors (Lipinski definition) is 3. The van der Waals surface area contributed by atoms with Crippen LogP contribution in [0.3, 0.4) is 0 Å². The minimum absolute atomic E-state index is 0.00653. The number of carboxylic acid groups (broad SMARTS) is 1. The monoisotopic (exact) mass is 303 g/mol. The van der Waals surface area contributed by atoms with E-state index < -0.39 is 10.9 Å². The summed E-state index contributed by atoms with van der Waals surface area (Å²) in [4.78, 5) is 36.8. The van der Waals surface area contributed by atoms with E-state index in [4.69, 9.17) is 5.11 Å². The second kappa shape index (κ2) is 6.08. The van der Waals surface area contributed by atoms with Crippen LogP contribution in [0.15, 0.2) is 35.3 Å². The summed E-state index contributed by atoms with van der Waals surface area (Å²) in [5.41, 5.74) is 0.795. The number of nitrogens with zero attached hydrogens (tertiary/aromatic N) is 1. The van der Waals surface area contributed by atoms with Gasteiger partial charge in [-0.1, -0.05) is 6.92 Å². The van der Waals surface area contributed by atoms with Crippen LogP contribution >= 0.6 is 0 Å². The first-order chi connectivity index (χ1) is 10.4. The van der Waals surface area contributed by atoms with Gasteiger partial charge in [-0.3, -0.25) is 19.7 Å². The van der Waals surface area contributed by atoms with Gasteiger partial charge in [-0.2, -0.15) is 0 Å². The number of nitrogens with one attached hydrogen (secondary N) is 2. The number of fused-ring (bicyclic) bond motifs is 3. The Balaban J connectivity index is 0.000000309. The second-order valence-electron chi connectivity index (χ2n) is 4.45. The number of carbonyl (C=O) groups is 1. The van der Waals surface area contributed by atoms with Gasteiger partial charge < -0.3 is 15.1 Å². The Bertz CT molecular complexity index is 910. The molecule has 0 spiro atoms. The van der Waals surface area contributed by atoms with Crippen molar-refractivity contribution in [3.05, 3.63) is 50.9 Å². The molecule has 114 valence electrons. The van der Waals surface area contributed by atoms with Crippen LogP contribution in [0.1, 0.15) is 13.3 Å². The van der Waals surface area contributed by atoms with Crippen LogP contribution in [-0.2, 0) is 4.79 Å². The lowest BCUT2D eigenvalue weighted by Gasteiger charge is -1.99. The molecule has 0 fully saturated rings. The van der Waals surface area contributed by atoms with Crippen molar-refractivity contribution in [1.82, 2.24) is 9.97 Å². The number of benzene rings is 1. The van der Waals surface area contributed by atoms with Crippen LogP contribution in [0.5, 0.6) is 0 Å². The summed E-state index contributed by atoms with van der Waals surface area (Å²) in [6.07, 6.45) is 1.86. The van der Waals surface area contributed by atoms with Crippen molar-refractivity contribution in [2.24, 2.45) is 0 Å². The van der Waals surface area contributed by atoms with Gasteiger partial charge in [-0.15, -0.1) is 0 Å². The van der Waals surface area contributed by atoms with E-state index >= 15 is 0 Å². The first-order valence-corrected chi connectivity index (χ1v) is 6.43. The Hall–Kier alpha value is -3.16. The first-order valence-electron chi connectivity index (χ1n) is 6.43. The molecule has 8 heteroatoms. The Morgan fingerprint density at radius 2 is 2.00 bits per heavy atom. The Morgan fingerprint density at radius 3 is 2.59 bits per heavy atom. The highest BCUT2D eigenvalue weighted by Crippen LogP contribution is 2.24. The first kappa shape index (κ1) is 15.2. The summed E-state index contributed by atoms with van der Waals surface area (Å²) in [6, 6.07) is 6.11. The minimum atomic E-state index is -0.745. The largest absolute Gasteiger partial charge is 0.481 e. The molecule has 0 amide bonds. The summed E-state index contributed by atoms with van der Waals surface area (Å²) in [5, 5.41) is 19.8. The number of pyridine rings is 1. The maximum absolute atomic E-state index is 11.7. The highest BCUT2D eigenvalue weighted by molar-refractivity contribution is 6.04. The summed E-state index contributed by atoms with van der Waals surface area (Å²) in [5.74, 6) is -0.745. The Labute approximate surface area is 123 Å². The average Bonchev–Trinajstić information content (AvgIpc) is 2.98. The van der Waals surface area contributed by atoms with Crippen molar-refractivity contribution in [3.63, 3.8) is 0 Å². The van der Waals surface area contributed by atoms with E-state index in [-0.39, 0.29) is 17.7 Å². The lowest BCUT2D eigenvalue weighted by Crippen LogP contribution is -2.06. The SMILES string of the molecule is CCC(=O)O.O=c1[nH]c2ccc([N+](=O)[O-])cc2c2cc[nH]c12. The van der Waals surface area contributed by atoms with E-state index in [9.17, 15) is 19.7 Å². The molecule has 0 atom stereocenters. The molecule has 0 unspecified atom stereocenters. The molecule has 0 aliphatic rings. The summed E-state index contributed by atoms with van der Waals surface area (Å²) in [7, 11) is 0. The summed E-state index contributed by atoms with van der Waals surface area (Å²) < 4.78 is 0. The molecule has 22 heavy (non-hydrogen) atoms. The number of aromatic amines is 2. The van der Waals surface area contributed by atoms with E-state index in [0.29, 0.717) is 21.8 Å². The van der Waals surface area contributed by atoms with Gasteiger partial charge in [0.25, 0.3) is 11.2 Å². The van der Waals surface area contributed by atoms with E-state index in [1.807, 2.05) is 0 Å². The predicted molar refractivity (Wildman–Crippen MR) is 81.0 cm³/mol. The third kappa shape index (κ3) is 2.95. The molecule has 0 saturated carbocycles. The van der Waals surface area contributed by atoms with E-state index in [1.54, 1.807) is 25.3 Å². The zero-order chi connectivity index (χ0) is 16.3. The van der Waals surface area contributed by atoms with E-state index in [0.717, 1.165) is 0 Å². The average molecular weight is 303 g/mol.